The predicted octanol–water partition coefficient (Wildman–Crippen LogP) is 2.39. The summed E-state index contributed by atoms with van der Waals surface area (Å²) in [5.41, 5.74) is 1.76. The van der Waals surface area contributed by atoms with Crippen molar-refractivity contribution in [2.75, 3.05) is 25.3 Å². The summed E-state index contributed by atoms with van der Waals surface area (Å²) in [6, 6.07) is 5.12. The van der Waals surface area contributed by atoms with E-state index in [0.29, 0.717) is 40.0 Å². The van der Waals surface area contributed by atoms with Crippen LogP contribution in [0.25, 0.3) is 0 Å². The van der Waals surface area contributed by atoms with Crippen LogP contribution in [0.15, 0.2) is 28.2 Å². The molecule has 2 rings (SSSR count). The summed E-state index contributed by atoms with van der Waals surface area (Å²) in [5, 5.41) is 3.20. The van der Waals surface area contributed by atoms with Crippen LogP contribution in [0.1, 0.15) is 18.2 Å². The number of H-pyrrole nitrogens is 1. The zero-order chi connectivity index (χ0) is 18.4. The fourth-order valence-corrected chi connectivity index (χ4v) is 2.99. The van der Waals surface area contributed by atoms with E-state index in [1.54, 1.807) is 39.3 Å². The quantitative estimate of drug-likeness (QED) is 0.579. The molecule has 0 aliphatic rings. The van der Waals surface area contributed by atoms with Crippen molar-refractivity contribution in [1.29, 1.82) is 0 Å². The van der Waals surface area contributed by atoms with Crippen molar-refractivity contribution in [3.05, 3.63) is 39.8 Å². The van der Waals surface area contributed by atoms with Crippen molar-refractivity contribution in [2.24, 2.45) is 0 Å². The predicted molar refractivity (Wildman–Crippen MR) is 97.9 cm³/mol. The molecule has 1 amide bonds. The van der Waals surface area contributed by atoms with Gasteiger partial charge in [0.05, 0.1) is 20.0 Å². The zero-order valence-corrected chi connectivity index (χ0v) is 15.5. The Hall–Kier alpha value is -2.48. The monoisotopic (exact) mass is 363 g/mol. The van der Waals surface area contributed by atoms with Crippen molar-refractivity contribution >= 4 is 23.4 Å². The number of nitrogens with zero attached hydrogens (tertiary/aromatic N) is 1. The number of rotatable bonds is 7. The minimum Gasteiger partial charge on any atom is -0.497 e. The highest BCUT2D eigenvalue weighted by Gasteiger charge is 2.10. The average molecular weight is 363 g/mol. The minimum atomic E-state index is -0.222. The number of benzene rings is 1. The van der Waals surface area contributed by atoms with Gasteiger partial charge in [0.2, 0.25) is 5.91 Å². The van der Waals surface area contributed by atoms with Crippen LogP contribution in [0.5, 0.6) is 11.5 Å². The fourth-order valence-electron chi connectivity index (χ4n) is 2.28. The number of carbonyl (C=O) groups is 1. The molecule has 134 valence electrons. The van der Waals surface area contributed by atoms with Gasteiger partial charge in [0.15, 0.2) is 5.16 Å². The summed E-state index contributed by atoms with van der Waals surface area (Å²) in [5.74, 6) is 1.06. The molecule has 0 saturated heterocycles. The van der Waals surface area contributed by atoms with Crippen LogP contribution >= 0.6 is 11.8 Å². The molecule has 0 aliphatic heterocycles. The lowest BCUT2D eigenvalue weighted by atomic mass is 10.2. The molecule has 2 aromatic rings. The number of aromatic amines is 1. The first-order valence-corrected chi connectivity index (χ1v) is 8.70. The number of aromatic nitrogens is 2. The Labute approximate surface area is 150 Å². The average Bonchev–Trinajstić information content (AvgIpc) is 2.59. The number of hydrogen-bond donors (Lipinski definition) is 2. The molecular formula is C17H21N3O4S. The van der Waals surface area contributed by atoms with Crippen molar-refractivity contribution in [3.8, 4) is 11.5 Å². The van der Waals surface area contributed by atoms with Crippen LogP contribution in [0.4, 0.5) is 5.69 Å². The molecule has 1 heterocycles. The lowest BCUT2D eigenvalue weighted by Crippen LogP contribution is -2.18. The van der Waals surface area contributed by atoms with E-state index in [-0.39, 0.29) is 17.2 Å². The number of anilines is 1. The molecule has 8 heteroatoms. The number of amides is 1. The second kappa shape index (κ2) is 8.57. The number of thioether (sulfide) groups is 1. The van der Waals surface area contributed by atoms with Gasteiger partial charge < -0.3 is 19.8 Å². The molecule has 0 unspecified atom stereocenters. The van der Waals surface area contributed by atoms with Crippen molar-refractivity contribution in [1.82, 2.24) is 9.97 Å². The Bertz CT molecular complexity index is 798. The Balaban J connectivity index is 2.03. The van der Waals surface area contributed by atoms with Gasteiger partial charge in [-0.2, -0.15) is 0 Å². The van der Waals surface area contributed by atoms with E-state index < -0.39 is 0 Å². The molecule has 0 spiro atoms. The summed E-state index contributed by atoms with van der Waals surface area (Å²) in [6.07, 6.45) is 0.622. The SMILES string of the molecule is CCc1c(C)nc(SCC(=O)Nc2cc(OC)cc(OC)c2)[nH]c1=O. The fraction of sp³-hybridized carbons (Fsp3) is 0.353. The first-order valence-electron chi connectivity index (χ1n) is 7.72. The van der Waals surface area contributed by atoms with E-state index in [4.69, 9.17) is 9.47 Å². The Morgan fingerprint density at radius 1 is 1.24 bits per heavy atom. The number of methoxy groups -OCH3 is 2. The number of hydrogen-bond acceptors (Lipinski definition) is 6. The third kappa shape index (κ3) is 4.99. The molecule has 0 bridgehead atoms. The highest BCUT2D eigenvalue weighted by Crippen LogP contribution is 2.26. The molecule has 0 atom stereocenters. The lowest BCUT2D eigenvalue weighted by Gasteiger charge is -2.10. The molecule has 7 nitrogen and oxygen atoms in total. The maximum Gasteiger partial charge on any atom is 0.254 e. The van der Waals surface area contributed by atoms with Crippen LogP contribution < -0.4 is 20.3 Å². The van der Waals surface area contributed by atoms with Gasteiger partial charge in [-0.25, -0.2) is 4.98 Å². The summed E-state index contributed by atoms with van der Waals surface area (Å²) in [4.78, 5) is 31.1. The summed E-state index contributed by atoms with van der Waals surface area (Å²) in [7, 11) is 3.08. The van der Waals surface area contributed by atoms with Gasteiger partial charge in [0, 0.05) is 35.1 Å². The van der Waals surface area contributed by atoms with Crippen molar-refractivity contribution < 1.29 is 14.3 Å². The van der Waals surface area contributed by atoms with Gasteiger partial charge in [-0.05, 0) is 13.3 Å². The Kier molecular flexibility index (Phi) is 6.46. The largest absolute Gasteiger partial charge is 0.497 e. The van der Waals surface area contributed by atoms with E-state index in [2.05, 4.69) is 15.3 Å². The molecule has 2 N–H and O–H groups in total. The maximum atomic E-state index is 12.1. The topological polar surface area (TPSA) is 93.3 Å². The van der Waals surface area contributed by atoms with Crippen LogP contribution in [0.2, 0.25) is 0 Å². The van der Waals surface area contributed by atoms with Crippen LogP contribution in [0, 0.1) is 6.92 Å². The molecule has 1 aromatic heterocycles. The molecule has 0 radical (unpaired) electrons. The van der Waals surface area contributed by atoms with Crippen LogP contribution in [-0.2, 0) is 11.2 Å². The molecule has 0 fully saturated rings. The standard InChI is InChI=1S/C17H21N3O4S/c1-5-14-10(2)18-17(20-16(14)22)25-9-15(21)19-11-6-12(23-3)8-13(7-11)24-4/h6-8H,5,9H2,1-4H3,(H,19,21)(H,18,20,22). The van der Waals surface area contributed by atoms with Gasteiger partial charge >= 0.3 is 0 Å². The number of nitrogens with one attached hydrogen (secondary N) is 2. The summed E-state index contributed by atoms with van der Waals surface area (Å²) >= 11 is 1.17. The van der Waals surface area contributed by atoms with E-state index in [1.807, 2.05) is 6.92 Å². The second-order valence-corrected chi connectivity index (χ2v) is 6.19. The third-order valence-electron chi connectivity index (χ3n) is 3.53. The van der Waals surface area contributed by atoms with E-state index in [0.717, 1.165) is 0 Å². The van der Waals surface area contributed by atoms with Crippen molar-refractivity contribution in [2.45, 2.75) is 25.4 Å². The van der Waals surface area contributed by atoms with Gasteiger partial charge in [-0.15, -0.1) is 0 Å². The Morgan fingerprint density at radius 2 is 1.88 bits per heavy atom. The first kappa shape index (κ1) is 18.9. The van der Waals surface area contributed by atoms with Gasteiger partial charge in [0.1, 0.15) is 11.5 Å². The normalized spacial score (nSPS) is 10.4. The van der Waals surface area contributed by atoms with E-state index in [9.17, 15) is 9.59 Å². The summed E-state index contributed by atoms with van der Waals surface area (Å²) in [6.45, 7) is 3.70. The second-order valence-electron chi connectivity index (χ2n) is 5.23. The number of carbonyl (C=O) groups excluding carboxylic acids is 1. The van der Waals surface area contributed by atoms with Gasteiger partial charge in [-0.1, -0.05) is 18.7 Å². The molecule has 0 saturated carbocycles. The zero-order valence-electron chi connectivity index (χ0n) is 14.6. The van der Waals surface area contributed by atoms with Crippen molar-refractivity contribution in [3.63, 3.8) is 0 Å². The summed E-state index contributed by atoms with van der Waals surface area (Å²) < 4.78 is 10.3. The molecule has 1 aromatic carbocycles. The van der Waals surface area contributed by atoms with Gasteiger partial charge in [0.25, 0.3) is 5.56 Å². The number of ether oxygens (including phenoxy) is 2. The van der Waals surface area contributed by atoms with E-state index in [1.165, 1.54) is 11.8 Å². The Morgan fingerprint density at radius 3 is 2.40 bits per heavy atom. The van der Waals surface area contributed by atoms with Crippen LogP contribution in [0.3, 0.4) is 0 Å². The van der Waals surface area contributed by atoms with E-state index >= 15 is 0 Å². The molecule has 0 aliphatic carbocycles. The lowest BCUT2D eigenvalue weighted by molar-refractivity contribution is -0.113. The van der Waals surface area contributed by atoms with Crippen LogP contribution in [-0.4, -0.2) is 35.8 Å². The maximum absolute atomic E-state index is 12.1. The molecule has 25 heavy (non-hydrogen) atoms. The smallest absolute Gasteiger partial charge is 0.254 e. The van der Waals surface area contributed by atoms with Gasteiger partial charge in [-0.3, -0.25) is 9.59 Å². The minimum absolute atomic E-state index is 0.118. The highest BCUT2D eigenvalue weighted by atomic mass is 32.2. The third-order valence-corrected chi connectivity index (χ3v) is 4.40. The highest BCUT2D eigenvalue weighted by molar-refractivity contribution is 7.99. The first-order chi connectivity index (χ1) is 12.0. The number of aryl methyl sites for hydroxylation is 1. The molecular weight excluding hydrogens is 342 g/mol.